The Balaban J connectivity index is 2.33. The number of aliphatic hydroxyl groups excluding tert-OH is 1. The summed E-state index contributed by atoms with van der Waals surface area (Å²) in [4.78, 5) is 27.4. The van der Waals surface area contributed by atoms with Crippen molar-refractivity contribution in [3.8, 4) is 0 Å². The van der Waals surface area contributed by atoms with Gasteiger partial charge in [-0.25, -0.2) is 9.98 Å². The molecule has 1 aromatic rings. The number of anilines is 1. The lowest BCUT2D eigenvalue weighted by atomic mass is 9.90. The SMILES string of the molecule is CN=C(C(S)=C(C)N)C(O)C1CN(c2nc(N=CC=C(N)OCC(C)(C)C(F)(F)F)ccc2C(N)=O)C(C)(C)C1. The van der Waals surface area contributed by atoms with Crippen LogP contribution in [0.5, 0.6) is 0 Å². The minimum atomic E-state index is -4.46. The number of carbonyl (C=O) groups is 1. The van der Waals surface area contributed by atoms with E-state index in [-0.39, 0.29) is 29.0 Å². The van der Waals surface area contributed by atoms with Crippen molar-refractivity contribution in [1.82, 2.24) is 4.98 Å². The predicted molar refractivity (Wildman–Crippen MR) is 154 cm³/mol. The van der Waals surface area contributed by atoms with Crippen LogP contribution in [0.4, 0.5) is 24.8 Å². The molecule has 222 valence electrons. The van der Waals surface area contributed by atoms with E-state index in [1.165, 1.54) is 24.4 Å². The summed E-state index contributed by atoms with van der Waals surface area (Å²) in [7, 11) is 1.55. The molecule has 0 saturated carbocycles. The number of aliphatic imine (C=N–C) groups is 2. The summed E-state index contributed by atoms with van der Waals surface area (Å²) in [5.74, 6) is -0.794. The third-order valence-corrected chi connectivity index (χ3v) is 7.27. The number of primary amides is 1. The standard InChI is InChI=1S/C26H38F3N7O3S/c1-14(30)21(40)19(33-6)20(37)15-11-25(4,5)36(12-15)23-16(22(32)38)7-8-18(35-23)34-10-9-17(31)39-13-24(2,3)26(27,28)29/h7-10,15,20,37,40H,11-13,30-31H2,1-6H3,(H2,32,38). The zero-order valence-corrected chi connectivity index (χ0v) is 24.3. The van der Waals surface area contributed by atoms with E-state index >= 15 is 0 Å². The normalized spacial score (nSPS) is 20.1. The Morgan fingerprint density at radius 1 is 1.32 bits per heavy atom. The number of nitrogens with two attached hydrogens (primary N) is 3. The van der Waals surface area contributed by atoms with E-state index in [1.54, 1.807) is 14.0 Å². The maximum absolute atomic E-state index is 13.0. The number of hydrogen-bond donors (Lipinski definition) is 5. The van der Waals surface area contributed by atoms with Crippen LogP contribution in [0.3, 0.4) is 0 Å². The highest BCUT2D eigenvalue weighted by atomic mass is 32.1. The molecular formula is C26H38F3N7O3S. The van der Waals surface area contributed by atoms with Gasteiger partial charge < -0.3 is 31.9 Å². The number of aromatic nitrogens is 1. The summed E-state index contributed by atoms with van der Waals surface area (Å²) >= 11 is 4.40. The molecule has 40 heavy (non-hydrogen) atoms. The largest absolute Gasteiger partial charge is 0.478 e. The van der Waals surface area contributed by atoms with E-state index in [4.69, 9.17) is 21.9 Å². The Labute approximate surface area is 237 Å². The number of aliphatic hydroxyl groups is 1. The lowest BCUT2D eigenvalue weighted by molar-refractivity contribution is -0.223. The van der Waals surface area contributed by atoms with E-state index < -0.39 is 35.7 Å². The molecule has 1 aliphatic rings. The molecule has 2 heterocycles. The number of ether oxygens (including phenoxy) is 1. The van der Waals surface area contributed by atoms with Crippen molar-refractivity contribution in [3.05, 3.63) is 40.3 Å². The first kappa shape index (κ1) is 32.9. The molecule has 1 aromatic heterocycles. The van der Waals surface area contributed by atoms with Crippen molar-refractivity contribution in [2.45, 2.75) is 58.9 Å². The molecule has 10 nitrogen and oxygen atoms in total. The fourth-order valence-electron chi connectivity index (χ4n) is 4.18. The monoisotopic (exact) mass is 585 g/mol. The second-order valence-electron chi connectivity index (χ2n) is 10.9. The minimum Gasteiger partial charge on any atom is -0.478 e. The van der Waals surface area contributed by atoms with Gasteiger partial charge in [0, 0.05) is 47.9 Å². The average Bonchev–Trinajstić information content (AvgIpc) is 3.17. The Bertz CT molecular complexity index is 1220. The summed E-state index contributed by atoms with van der Waals surface area (Å²) in [6, 6.07) is 2.95. The second kappa shape index (κ2) is 12.5. The maximum Gasteiger partial charge on any atom is 0.397 e. The molecule has 0 aromatic carbocycles. The number of allylic oxidation sites excluding steroid dienone is 2. The van der Waals surface area contributed by atoms with Crippen molar-refractivity contribution < 1.29 is 27.8 Å². The number of nitrogens with zero attached hydrogens (tertiary/aromatic N) is 4. The van der Waals surface area contributed by atoms with Gasteiger partial charge in [-0.1, -0.05) is 0 Å². The summed E-state index contributed by atoms with van der Waals surface area (Å²) in [5.41, 5.74) is 15.5. The number of pyridine rings is 1. The van der Waals surface area contributed by atoms with Crippen molar-refractivity contribution in [3.63, 3.8) is 0 Å². The molecule has 1 fully saturated rings. The molecule has 0 radical (unpaired) electrons. The number of thiol groups is 1. The predicted octanol–water partition coefficient (Wildman–Crippen LogP) is 3.44. The van der Waals surface area contributed by atoms with Crippen molar-refractivity contribution in [2.24, 2.45) is 38.5 Å². The molecular weight excluding hydrogens is 547 g/mol. The van der Waals surface area contributed by atoms with Gasteiger partial charge in [0.2, 0.25) is 0 Å². The van der Waals surface area contributed by atoms with Crippen molar-refractivity contribution in [2.75, 3.05) is 25.1 Å². The van der Waals surface area contributed by atoms with Gasteiger partial charge in [-0.3, -0.25) is 9.79 Å². The highest BCUT2D eigenvalue weighted by Gasteiger charge is 2.48. The molecule has 14 heteroatoms. The van der Waals surface area contributed by atoms with E-state index in [0.29, 0.717) is 29.3 Å². The fraction of sp³-hybridized carbons (Fsp3) is 0.538. The van der Waals surface area contributed by atoms with E-state index in [9.17, 15) is 23.1 Å². The van der Waals surface area contributed by atoms with Gasteiger partial charge in [0.25, 0.3) is 5.91 Å². The average molecular weight is 586 g/mol. The van der Waals surface area contributed by atoms with Gasteiger partial charge in [0.05, 0.1) is 16.7 Å². The Morgan fingerprint density at radius 2 is 1.95 bits per heavy atom. The molecule has 0 bridgehead atoms. The van der Waals surface area contributed by atoms with Crippen LogP contribution < -0.4 is 22.1 Å². The number of halogens is 3. The Morgan fingerprint density at radius 3 is 2.48 bits per heavy atom. The van der Waals surface area contributed by atoms with Crippen molar-refractivity contribution in [1.29, 1.82) is 0 Å². The Kier molecular flexibility index (Phi) is 10.3. The first-order valence-electron chi connectivity index (χ1n) is 12.4. The number of carbonyl (C=O) groups excluding carboxylic acids is 1. The van der Waals surface area contributed by atoms with Crippen LogP contribution in [0.2, 0.25) is 0 Å². The van der Waals surface area contributed by atoms with Gasteiger partial charge in [-0.05, 0) is 53.2 Å². The smallest absolute Gasteiger partial charge is 0.397 e. The lowest BCUT2D eigenvalue weighted by Crippen LogP contribution is -2.40. The van der Waals surface area contributed by atoms with Crippen LogP contribution in [-0.4, -0.2) is 65.9 Å². The molecule has 7 N–H and O–H groups in total. The van der Waals surface area contributed by atoms with Crippen LogP contribution in [0, 0.1) is 11.3 Å². The molecule has 0 aliphatic carbocycles. The molecule has 0 spiro atoms. The second-order valence-corrected chi connectivity index (χ2v) is 11.3. The Hall–Kier alpha value is -3.26. The van der Waals surface area contributed by atoms with E-state index in [0.717, 1.165) is 13.8 Å². The third-order valence-electron chi connectivity index (χ3n) is 6.69. The van der Waals surface area contributed by atoms with Crippen molar-refractivity contribution >= 4 is 42.1 Å². The highest BCUT2D eigenvalue weighted by molar-refractivity contribution is 7.85. The van der Waals surface area contributed by atoms with Gasteiger partial charge in [-0.2, -0.15) is 13.2 Å². The molecule has 2 rings (SSSR count). The lowest BCUT2D eigenvalue weighted by Gasteiger charge is -2.33. The number of amides is 1. The van der Waals surface area contributed by atoms with Gasteiger partial charge >= 0.3 is 6.18 Å². The van der Waals surface area contributed by atoms with Crippen LogP contribution in [0.25, 0.3) is 0 Å². The highest BCUT2D eigenvalue weighted by Crippen LogP contribution is 2.40. The quantitative estimate of drug-likeness (QED) is 0.159. The van der Waals surface area contributed by atoms with Crippen LogP contribution in [0.1, 0.15) is 51.4 Å². The summed E-state index contributed by atoms with van der Waals surface area (Å²) in [6.07, 6.45) is -2.48. The minimum absolute atomic E-state index is 0.159. The first-order chi connectivity index (χ1) is 18.3. The van der Waals surface area contributed by atoms with Gasteiger partial charge in [0.15, 0.2) is 11.7 Å². The van der Waals surface area contributed by atoms with Crippen LogP contribution in [0.15, 0.2) is 44.7 Å². The molecule has 2 atom stereocenters. The molecule has 1 aliphatic heterocycles. The number of hydrogen-bond acceptors (Lipinski definition) is 10. The van der Waals surface area contributed by atoms with Gasteiger partial charge in [0.1, 0.15) is 18.5 Å². The van der Waals surface area contributed by atoms with Crippen LogP contribution in [-0.2, 0) is 4.74 Å². The zero-order valence-electron chi connectivity index (χ0n) is 23.5. The summed E-state index contributed by atoms with van der Waals surface area (Å²) in [6.45, 7) is 7.21. The van der Waals surface area contributed by atoms with E-state index in [2.05, 4.69) is 27.6 Å². The fourth-order valence-corrected chi connectivity index (χ4v) is 4.41. The number of alkyl halides is 3. The molecule has 2 unspecified atom stereocenters. The topological polar surface area (TPSA) is 165 Å². The third kappa shape index (κ3) is 7.68. The number of rotatable bonds is 10. The maximum atomic E-state index is 13.0. The molecule has 1 saturated heterocycles. The summed E-state index contributed by atoms with van der Waals surface area (Å²) < 4.78 is 44.1. The first-order valence-corrected chi connectivity index (χ1v) is 12.9. The van der Waals surface area contributed by atoms with Crippen LogP contribution >= 0.6 is 12.6 Å². The van der Waals surface area contributed by atoms with Gasteiger partial charge in [-0.15, -0.1) is 12.6 Å². The van der Waals surface area contributed by atoms with E-state index in [1.807, 2.05) is 18.7 Å². The summed E-state index contributed by atoms with van der Waals surface area (Å²) in [5, 5.41) is 11.1. The molecule has 1 amide bonds. The zero-order chi connectivity index (χ0) is 30.6.